The van der Waals surface area contributed by atoms with E-state index in [0.717, 1.165) is 12.2 Å². The molecule has 0 fully saturated rings. The first-order valence-corrected chi connectivity index (χ1v) is 6.85. The van der Waals surface area contributed by atoms with Crippen molar-refractivity contribution in [2.75, 3.05) is 0 Å². The highest BCUT2D eigenvalue weighted by molar-refractivity contribution is 6.16. The van der Waals surface area contributed by atoms with Crippen LogP contribution in [0.3, 0.4) is 0 Å². The summed E-state index contributed by atoms with van der Waals surface area (Å²) in [4.78, 5) is 0. The molecular weight excluding hydrogens is 222 g/mol. The number of hydrogen-bond acceptors (Lipinski definition) is 2. The van der Waals surface area contributed by atoms with E-state index in [1.165, 1.54) is 44.9 Å². The van der Waals surface area contributed by atoms with Crippen molar-refractivity contribution in [2.45, 2.75) is 64.3 Å². The molecule has 0 aromatic carbocycles. The summed E-state index contributed by atoms with van der Waals surface area (Å²) in [6, 6.07) is 0. The van der Waals surface area contributed by atoms with Crippen LogP contribution in [-0.2, 0) is 12.4 Å². The lowest BCUT2D eigenvalue weighted by atomic mass is 10.1. The molecule has 0 bridgehead atoms. The largest absolute Gasteiger partial charge is 0.252 e. The minimum atomic E-state index is 0.455. The van der Waals surface area contributed by atoms with Crippen molar-refractivity contribution in [3.63, 3.8) is 0 Å². The van der Waals surface area contributed by atoms with E-state index in [-0.39, 0.29) is 0 Å². The predicted molar refractivity (Wildman–Crippen MR) is 67.6 cm³/mol. The van der Waals surface area contributed by atoms with Crippen LogP contribution >= 0.6 is 11.6 Å². The minimum Gasteiger partial charge on any atom is -0.252 e. The Morgan fingerprint density at radius 2 is 1.81 bits per heavy atom. The van der Waals surface area contributed by atoms with Crippen molar-refractivity contribution in [3.05, 3.63) is 11.9 Å². The van der Waals surface area contributed by atoms with Gasteiger partial charge in [0.15, 0.2) is 0 Å². The predicted octanol–water partition coefficient (Wildman–Crippen LogP) is 3.77. The minimum absolute atomic E-state index is 0.455. The molecule has 16 heavy (non-hydrogen) atoms. The number of nitrogens with zero attached hydrogens (tertiary/aromatic N) is 3. The SMILES string of the molecule is CCCCCCCCCn1cc(CCl)nn1. The van der Waals surface area contributed by atoms with Gasteiger partial charge in [0.05, 0.1) is 11.6 Å². The molecule has 0 atom stereocenters. The maximum atomic E-state index is 5.66. The lowest BCUT2D eigenvalue weighted by molar-refractivity contribution is 0.513. The van der Waals surface area contributed by atoms with Crippen LogP contribution < -0.4 is 0 Å². The molecule has 4 heteroatoms. The topological polar surface area (TPSA) is 30.7 Å². The molecule has 0 aliphatic heterocycles. The van der Waals surface area contributed by atoms with Crippen molar-refractivity contribution in [1.29, 1.82) is 0 Å². The summed E-state index contributed by atoms with van der Waals surface area (Å²) in [5.41, 5.74) is 0.865. The smallest absolute Gasteiger partial charge is 0.0974 e. The van der Waals surface area contributed by atoms with E-state index in [1.54, 1.807) is 0 Å². The van der Waals surface area contributed by atoms with Crippen LogP contribution in [0.1, 0.15) is 57.6 Å². The lowest BCUT2D eigenvalue weighted by Gasteiger charge is -2.01. The summed E-state index contributed by atoms with van der Waals surface area (Å²) in [5, 5.41) is 7.97. The summed E-state index contributed by atoms with van der Waals surface area (Å²) >= 11 is 5.66. The maximum absolute atomic E-state index is 5.66. The highest BCUT2D eigenvalue weighted by atomic mass is 35.5. The van der Waals surface area contributed by atoms with Gasteiger partial charge in [-0.25, -0.2) is 0 Å². The molecule has 0 saturated heterocycles. The Hall–Kier alpha value is -0.570. The van der Waals surface area contributed by atoms with Crippen LogP contribution in [0.5, 0.6) is 0 Å². The lowest BCUT2D eigenvalue weighted by Crippen LogP contribution is -1.98. The van der Waals surface area contributed by atoms with Gasteiger partial charge in [0, 0.05) is 12.7 Å². The summed E-state index contributed by atoms with van der Waals surface area (Å²) in [6.07, 6.45) is 11.2. The molecule has 1 aromatic rings. The average Bonchev–Trinajstić information content (AvgIpc) is 2.76. The highest BCUT2D eigenvalue weighted by Gasteiger charge is 1.98. The Bertz CT molecular complexity index is 273. The number of alkyl halides is 1. The second-order valence-corrected chi connectivity index (χ2v) is 4.50. The third kappa shape index (κ3) is 5.50. The molecule has 0 spiro atoms. The third-order valence-corrected chi connectivity index (χ3v) is 2.99. The van der Waals surface area contributed by atoms with Gasteiger partial charge >= 0.3 is 0 Å². The Kier molecular flexibility index (Phi) is 7.23. The van der Waals surface area contributed by atoms with Gasteiger partial charge < -0.3 is 0 Å². The van der Waals surface area contributed by atoms with Crippen molar-refractivity contribution >= 4 is 11.6 Å². The van der Waals surface area contributed by atoms with Crippen LogP contribution in [0.15, 0.2) is 6.20 Å². The highest BCUT2D eigenvalue weighted by Crippen LogP contribution is 2.07. The fraction of sp³-hybridized carbons (Fsp3) is 0.833. The molecule has 3 nitrogen and oxygen atoms in total. The second-order valence-electron chi connectivity index (χ2n) is 4.23. The first-order valence-electron chi connectivity index (χ1n) is 6.31. The number of unbranched alkanes of at least 4 members (excludes halogenated alkanes) is 6. The van der Waals surface area contributed by atoms with Gasteiger partial charge in [-0.15, -0.1) is 16.7 Å². The third-order valence-electron chi connectivity index (χ3n) is 2.71. The normalized spacial score (nSPS) is 10.9. The van der Waals surface area contributed by atoms with Crippen molar-refractivity contribution in [1.82, 2.24) is 15.0 Å². The quantitative estimate of drug-likeness (QED) is 0.488. The van der Waals surface area contributed by atoms with E-state index < -0.39 is 0 Å². The Morgan fingerprint density at radius 3 is 2.44 bits per heavy atom. The second kappa shape index (κ2) is 8.57. The van der Waals surface area contributed by atoms with Gasteiger partial charge in [0.2, 0.25) is 0 Å². The van der Waals surface area contributed by atoms with Crippen molar-refractivity contribution in [2.24, 2.45) is 0 Å². The molecule has 1 aromatic heterocycles. The summed E-state index contributed by atoms with van der Waals surface area (Å²) in [7, 11) is 0. The van der Waals surface area contributed by atoms with Gasteiger partial charge in [0.1, 0.15) is 0 Å². The van der Waals surface area contributed by atoms with Gasteiger partial charge in [-0.2, -0.15) is 0 Å². The number of rotatable bonds is 9. The van der Waals surface area contributed by atoms with Crippen LogP contribution in [0, 0.1) is 0 Å². The molecule has 1 rings (SSSR count). The molecule has 0 aliphatic carbocycles. The molecule has 0 amide bonds. The molecule has 0 N–H and O–H groups in total. The number of halogens is 1. The average molecular weight is 244 g/mol. The van der Waals surface area contributed by atoms with Crippen LogP contribution in [0.2, 0.25) is 0 Å². The van der Waals surface area contributed by atoms with E-state index in [9.17, 15) is 0 Å². The van der Waals surface area contributed by atoms with Crippen LogP contribution in [0.4, 0.5) is 0 Å². The first-order chi connectivity index (χ1) is 7.86. The van der Waals surface area contributed by atoms with Gasteiger partial charge in [-0.1, -0.05) is 50.7 Å². The van der Waals surface area contributed by atoms with Crippen LogP contribution in [-0.4, -0.2) is 15.0 Å². The molecule has 0 unspecified atom stereocenters. The van der Waals surface area contributed by atoms with Crippen molar-refractivity contribution in [3.8, 4) is 0 Å². The fourth-order valence-electron chi connectivity index (χ4n) is 1.74. The van der Waals surface area contributed by atoms with E-state index in [0.29, 0.717) is 5.88 Å². The zero-order valence-electron chi connectivity index (χ0n) is 10.2. The fourth-order valence-corrected chi connectivity index (χ4v) is 1.86. The van der Waals surface area contributed by atoms with Crippen molar-refractivity contribution < 1.29 is 0 Å². The Balaban J connectivity index is 1.98. The standard InChI is InChI=1S/C12H22ClN3/c1-2-3-4-5-6-7-8-9-16-11-12(10-13)14-15-16/h11H,2-10H2,1H3. The van der Waals surface area contributed by atoms with E-state index in [2.05, 4.69) is 17.2 Å². The summed E-state index contributed by atoms with van der Waals surface area (Å²) in [6.45, 7) is 3.22. The van der Waals surface area contributed by atoms with Gasteiger partial charge in [-0.05, 0) is 6.42 Å². The van der Waals surface area contributed by atoms with E-state index in [4.69, 9.17) is 11.6 Å². The summed E-state index contributed by atoms with van der Waals surface area (Å²) in [5.74, 6) is 0.455. The van der Waals surface area contributed by atoms with Gasteiger partial charge in [-0.3, -0.25) is 4.68 Å². The van der Waals surface area contributed by atoms with Gasteiger partial charge in [0.25, 0.3) is 0 Å². The number of hydrogen-bond donors (Lipinski definition) is 0. The summed E-state index contributed by atoms with van der Waals surface area (Å²) < 4.78 is 1.89. The van der Waals surface area contributed by atoms with Crippen LogP contribution in [0.25, 0.3) is 0 Å². The molecule has 0 saturated carbocycles. The molecule has 92 valence electrons. The zero-order chi connectivity index (χ0) is 11.6. The number of aryl methyl sites for hydroxylation is 1. The number of aromatic nitrogens is 3. The Labute approximate surface area is 103 Å². The molecule has 0 aliphatic rings. The molecule has 0 radical (unpaired) electrons. The molecular formula is C12H22ClN3. The van der Waals surface area contributed by atoms with E-state index in [1.807, 2.05) is 10.9 Å². The molecule has 1 heterocycles. The maximum Gasteiger partial charge on any atom is 0.0974 e. The zero-order valence-corrected chi connectivity index (χ0v) is 10.9. The van der Waals surface area contributed by atoms with E-state index >= 15 is 0 Å². The Morgan fingerprint density at radius 1 is 1.12 bits per heavy atom. The first kappa shape index (κ1) is 13.5. The monoisotopic (exact) mass is 243 g/mol.